The van der Waals surface area contributed by atoms with E-state index in [9.17, 15) is 9.50 Å². The maximum Gasteiger partial charge on any atom is 0.123 e. The molecule has 2 rings (SSSR count). The van der Waals surface area contributed by atoms with Gasteiger partial charge < -0.3 is 15.3 Å². The van der Waals surface area contributed by atoms with Crippen LogP contribution in [0, 0.1) is 5.82 Å². The minimum absolute atomic E-state index is 0.301. The van der Waals surface area contributed by atoms with Crippen molar-refractivity contribution >= 4 is 0 Å². The lowest BCUT2D eigenvalue weighted by Gasteiger charge is -2.35. The van der Waals surface area contributed by atoms with Gasteiger partial charge in [0.05, 0.1) is 6.10 Å². The summed E-state index contributed by atoms with van der Waals surface area (Å²) >= 11 is 0. The number of aliphatic hydroxyl groups excluding tert-OH is 1. The third kappa shape index (κ3) is 4.00. The van der Waals surface area contributed by atoms with Crippen LogP contribution < -0.4 is 5.32 Å². The van der Waals surface area contributed by atoms with Crippen LogP contribution in [0.3, 0.4) is 0 Å². The Balaban J connectivity index is 1.82. The van der Waals surface area contributed by atoms with Crippen LogP contribution in [-0.4, -0.2) is 42.2 Å². The van der Waals surface area contributed by atoms with E-state index in [1.165, 1.54) is 12.1 Å². The second kappa shape index (κ2) is 6.46. The van der Waals surface area contributed by atoms with Crippen LogP contribution in [0.2, 0.25) is 0 Å². The van der Waals surface area contributed by atoms with E-state index in [-0.39, 0.29) is 5.82 Å². The highest BCUT2D eigenvalue weighted by atomic mass is 19.1. The molecule has 3 atom stereocenters. The third-order valence-electron chi connectivity index (χ3n) is 4.04. The topological polar surface area (TPSA) is 35.5 Å². The van der Waals surface area contributed by atoms with E-state index >= 15 is 0 Å². The quantitative estimate of drug-likeness (QED) is 0.874. The first-order valence-electron chi connectivity index (χ1n) is 6.93. The lowest BCUT2D eigenvalue weighted by Crippen LogP contribution is -2.46. The minimum Gasteiger partial charge on any atom is -0.387 e. The number of rotatable bonds is 4. The largest absolute Gasteiger partial charge is 0.387 e. The molecule has 0 aromatic heterocycles. The Morgan fingerprint density at radius 1 is 1.53 bits per heavy atom. The van der Waals surface area contributed by atoms with Gasteiger partial charge in [-0.25, -0.2) is 4.39 Å². The first-order valence-corrected chi connectivity index (χ1v) is 6.93. The van der Waals surface area contributed by atoms with Gasteiger partial charge in [-0.05, 0) is 51.1 Å². The first kappa shape index (κ1) is 14.4. The van der Waals surface area contributed by atoms with E-state index in [4.69, 9.17) is 0 Å². The van der Waals surface area contributed by atoms with E-state index < -0.39 is 6.10 Å². The Hall–Kier alpha value is -0.970. The summed E-state index contributed by atoms with van der Waals surface area (Å²) in [7, 11) is 2.14. The van der Waals surface area contributed by atoms with E-state index in [1.54, 1.807) is 12.1 Å². The normalized spacial score (nSPS) is 26.3. The van der Waals surface area contributed by atoms with Gasteiger partial charge in [0, 0.05) is 18.6 Å². The fourth-order valence-electron chi connectivity index (χ4n) is 2.58. The van der Waals surface area contributed by atoms with Crippen molar-refractivity contribution < 1.29 is 9.50 Å². The van der Waals surface area contributed by atoms with Gasteiger partial charge in [-0.2, -0.15) is 0 Å². The Morgan fingerprint density at radius 2 is 2.32 bits per heavy atom. The summed E-state index contributed by atoms with van der Waals surface area (Å²) < 4.78 is 13.1. The molecule has 1 fully saturated rings. The summed E-state index contributed by atoms with van der Waals surface area (Å²) in [5.41, 5.74) is 0.633. The molecule has 3 nitrogen and oxygen atoms in total. The molecular formula is C15H23FN2O. The number of likely N-dealkylation sites (tertiary alicyclic amines) is 1. The minimum atomic E-state index is -0.648. The van der Waals surface area contributed by atoms with Gasteiger partial charge in [0.2, 0.25) is 0 Å². The van der Waals surface area contributed by atoms with Crippen LogP contribution >= 0.6 is 0 Å². The van der Waals surface area contributed by atoms with Crippen molar-refractivity contribution in [1.82, 2.24) is 10.2 Å². The van der Waals surface area contributed by atoms with Crippen molar-refractivity contribution in [3.8, 4) is 0 Å². The molecule has 0 spiro atoms. The first-order chi connectivity index (χ1) is 9.06. The maximum absolute atomic E-state index is 13.1. The smallest absolute Gasteiger partial charge is 0.123 e. The van der Waals surface area contributed by atoms with Crippen LogP contribution in [0.15, 0.2) is 24.3 Å². The monoisotopic (exact) mass is 266 g/mol. The Labute approximate surface area is 114 Å². The van der Waals surface area contributed by atoms with Gasteiger partial charge in [0.15, 0.2) is 0 Å². The molecular weight excluding hydrogens is 243 g/mol. The Kier molecular flexibility index (Phi) is 4.91. The highest BCUT2D eigenvalue weighted by Gasteiger charge is 2.22. The zero-order chi connectivity index (χ0) is 13.8. The molecule has 1 heterocycles. The molecule has 0 saturated carbocycles. The van der Waals surface area contributed by atoms with E-state index in [2.05, 4.69) is 24.2 Å². The number of aliphatic hydroxyl groups is 1. The van der Waals surface area contributed by atoms with E-state index in [1.807, 2.05) is 0 Å². The Morgan fingerprint density at radius 3 is 3.00 bits per heavy atom. The van der Waals surface area contributed by atoms with Gasteiger partial charge in [-0.15, -0.1) is 0 Å². The van der Waals surface area contributed by atoms with Crippen molar-refractivity contribution in [2.24, 2.45) is 0 Å². The molecule has 1 aliphatic rings. The van der Waals surface area contributed by atoms with E-state index in [0.717, 1.165) is 19.4 Å². The van der Waals surface area contributed by atoms with Crippen molar-refractivity contribution in [2.45, 2.75) is 38.0 Å². The zero-order valence-electron chi connectivity index (χ0n) is 11.6. The second-order valence-corrected chi connectivity index (χ2v) is 5.53. The number of piperidine rings is 1. The third-order valence-corrected chi connectivity index (χ3v) is 4.04. The highest BCUT2D eigenvalue weighted by Crippen LogP contribution is 2.17. The predicted molar refractivity (Wildman–Crippen MR) is 74.5 cm³/mol. The second-order valence-electron chi connectivity index (χ2n) is 5.53. The summed E-state index contributed by atoms with van der Waals surface area (Å²) in [6.45, 7) is 3.77. The molecule has 106 valence electrons. The zero-order valence-corrected chi connectivity index (χ0v) is 11.6. The number of hydrogen-bond acceptors (Lipinski definition) is 3. The number of nitrogens with one attached hydrogen (secondary N) is 1. The fourth-order valence-corrected chi connectivity index (χ4v) is 2.58. The fraction of sp³-hybridized carbons (Fsp3) is 0.600. The molecule has 0 radical (unpaired) electrons. The van der Waals surface area contributed by atoms with Crippen molar-refractivity contribution in [2.75, 3.05) is 20.1 Å². The summed E-state index contributed by atoms with van der Waals surface area (Å²) in [5, 5.41) is 13.4. The lowest BCUT2D eigenvalue weighted by atomic mass is 9.98. The van der Waals surface area contributed by atoms with Gasteiger partial charge in [0.25, 0.3) is 0 Å². The average Bonchev–Trinajstić information content (AvgIpc) is 2.40. The van der Waals surface area contributed by atoms with Crippen molar-refractivity contribution in [3.63, 3.8) is 0 Å². The lowest BCUT2D eigenvalue weighted by molar-refractivity contribution is 0.139. The van der Waals surface area contributed by atoms with Crippen LogP contribution in [0.1, 0.15) is 31.4 Å². The summed E-state index contributed by atoms with van der Waals surface area (Å²) in [4.78, 5) is 2.35. The molecule has 1 saturated heterocycles. The van der Waals surface area contributed by atoms with E-state index in [0.29, 0.717) is 24.2 Å². The average molecular weight is 266 g/mol. The molecule has 0 aliphatic carbocycles. The maximum atomic E-state index is 13.1. The molecule has 3 unspecified atom stereocenters. The number of halogens is 1. The molecule has 1 aliphatic heterocycles. The van der Waals surface area contributed by atoms with Crippen LogP contribution in [0.25, 0.3) is 0 Å². The standard InChI is InChI=1S/C15H23FN2O/c1-11-8-14(6-7-18(11)2)17-10-15(19)12-4-3-5-13(16)9-12/h3-5,9,11,14-15,17,19H,6-8,10H2,1-2H3. The molecule has 0 bridgehead atoms. The Bertz CT molecular complexity index is 413. The van der Waals surface area contributed by atoms with Gasteiger partial charge in [-0.1, -0.05) is 12.1 Å². The number of nitrogens with zero attached hydrogens (tertiary/aromatic N) is 1. The summed E-state index contributed by atoms with van der Waals surface area (Å²) in [6.07, 6.45) is 1.54. The van der Waals surface area contributed by atoms with Crippen LogP contribution in [0.4, 0.5) is 4.39 Å². The predicted octanol–water partition coefficient (Wildman–Crippen LogP) is 1.93. The number of hydrogen-bond donors (Lipinski definition) is 2. The molecule has 1 aromatic carbocycles. The highest BCUT2D eigenvalue weighted by molar-refractivity contribution is 5.19. The molecule has 19 heavy (non-hydrogen) atoms. The van der Waals surface area contributed by atoms with Gasteiger partial charge in [-0.3, -0.25) is 0 Å². The SMILES string of the molecule is CC1CC(NCC(O)c2cccc(F)c2)CCN1C. The van der Waals surface area contributed by atoms with Gasteiger partial charge >= 0.3 is 0 Å². The van der Waals surface area contributed by atoms with Crippen molar-refractivity contribution in [3.05, 3.63) is 35.6 Å². The summed E-state index contributed by atoms with van der Waals surface area (Å²) in [6, 6.07) is 7.18. The molecule has 1 aromatic rings. The van der Waals surface area contributed by atoms with Crippen LogP contribution in [0.5, 0.6) is 0 Å². The molecule has 4 heteroatoms. The van der Waals surface area contributed by atoms with Crippen molar-refractivity contribution in [1.29, 1.82) is 0 Å². The van der Waals surface area contributed by atoms with Gasteiger partial charge in [0.1, 0.15) is 5.82 Å². The number of benzene rings is 1. The molecule has 2 N–H and O–H groups in total. The van der Waals surface area contributed by atoms with Crippen LogP contribution in [-0.2, 0) is 0 Å². The molecule has 0 amide bonds. The summed E-state index contributed by atoms with van der Waals surface area (Å²) in [5.74, 6) is -0.301.